The molecule has 0 aromatic carbocycles. The van der Waals surface area contributed by atoms with E-state index >= 15 is 0 Å². The van der Waals surface area contributed by atoms with Gasteiger partial charge in [-0.15, -0.1) is 10.2 Å². The topological polar surface area (TPSA) is 81.7 Å². The molecule has 3 aliphatic heterocycles. The summed E-state index contributed by atoms with van der Waals surface area (Å²) in [6.07, 6.45) is 7.26. The Labute approximate surface area is 170 Å². The Morgan fingerprint density at radius 3 is 2.64 bits per heavy atom. The van der Waals surface area contributed by atoms with Gasteiger partial charge in [-0.1, -0.05) is 17.8 Å². The Hall–Kier alpha value is -1.74. The number of piperidine rings is 2. The predicted molar refractivity (Wildman–Crippen MR) is 110 cm³/mol. The van der Waals surface area contributed by atoms with E-state index in [1.807, 2.05) is 0 Å². The van der Waals surface area contributed by atoms with Crippen molar-refractivity contribution in [1.82, 2.24) is 20.4 Å². The molecule has 1 aromatic heterocycles. The van der Waals surface area contributed by atoms with Gasteiger partial charge in [0.25, 0.3) is 0 Å². The van der Waals surface area contributed by atoms with E-state index in [1.165, 1.54) is 30.6 Å². The number of likely N-dealkylation sites (tertiary alicyclic amines) is 1. The molecule has 1 atom stereocenters. The largest absolute Gasteiger partial charge is 0.355 e. The van der Waals surface area contributed by atoms with Crippen LogP contribution in [0, 0.1) is 5.92 Å². The fraction of sp³-hybridized carbons (Fsp3) is 0.789. The number of carbonyl (C=O) groups excluding carboxylic acids is 2. The quantitative estimate of drug-likeness (QED) is 0.771. The third-order valence-corrected chi connectivity index (χ3v) is 6.95. The normalized spacial score (nSPS) is 24.0. The molecule has 4 rings (SSSR count). The molecule has 8 nitrogen and oxygen atoms in total. The zero-order valence-electron chi connectivity index (χ0n) is 16.4. The smallest absolute Gasteiger partial charge is 0.228 e. The van der Waals surface area contributed by atoms with Gasteiger partial charge in [-0.25, -0.2) is 0 Å². The van der Waals surface area contributed by atoms with Gasteiger partial charge in [-0.2, -0.15) is 0 Å². The van der Waals surface area contributed by atoms with Crippen molar-refractivity contribution in [2.75, 3.05) is 55.6 Å². The van der Waals surface area contributed by atoms with E-state index in [0.29, 0.717) is 18.1 Å². The van der Waals surface area contributed by atoms with Crippen molar-refractivity contribution < 1.29 is 9.59 Å². The summed E-state index contributed by atoms with van der Waals surface area (Å²) >= 11 is 1.46. The number of hydrogen-bond acceptors (Lipinski definition) is 7. The van der Waals surface area contributed by atoms with Crippen LogP contribution in [-0.2, 0) is 9.59 Å². The van der Waals surface area contributed by atoms with Crippen molar-refractivity contribution in [2.24, 2.45) is 5.92 Å². The molecule has 3 fully saturated rings. The maximum atomic E-state index is 12.6. The van der Waals surface area contributed by atoms with Crippen molar-refractivity contribution in [1.29, 1.82) is 0 Å². The lowest BCUT2D eigenvalue weighted by Gasteiger charge is -2.32. The molecule has 0 saturated carbocycles. The second-order valence-electron chi connectivity index (χ2n) is 7.99. The van der Waals surface area contributed by atoms with Crippen LogP contribution in [0.3, 0.4) is 0 Å². The minimum atomic E-state index is -0.00382. The molecular weight excluding hydrogens is 376 g/mol. The minimum absolute atomic E-state index is 0.00382. The molecule has 0 unspecified atom stereocenters. The van der Waals surface area contributed by atoms with E-state index in [4.69, 9.17) is 0 Å². The van der Waals surface area contributed by atoms with Crippen LogP contribution >= 0.6 is 11.3 Å². The fourth-order valence-corrected chi connectivity index (χ4v) is 5.25. The number of nitrogens with one attached hydrogen (secondary N) is 1. The lowest BCUT2D eigenvalue weighted by Crippen LogP contribution is -2.45. The van der Waals surface area contributed by atoms with Crippen LogP contribution in [0.15, 0.2) is 0 Å². The van der Waals surface area contributed by atoms with Gasteiger partial charge >= 0.3 is 0 Å². The number of rotatable bonds is 6. The monoisotopic (exact) mass is 406 g/mol. The second-order valence-corrected chi connectivity index (χ2v) is 8.93. The SMILES string of the molecule is O=C(NCCN1CCCCC1)[C@H]1CCCN(c2nnc(N3CCCC3=O)s2)C1. The summed E-state index contributed by atoms with van der Waals surface area (Å²) in [5.74, 6) is 0.282. The first-order valence-corrected chi connectivity index (χ1v) is 11.4. The highest BCUT2D eigenvalue weighted by Crippen LogP contribution is 2.32. The maximum Gasteiger partial charge on any atom is 0.228 e. The van der Waals surface area contributed by atoms with Gasteiger partial charge < -0.3 is 15.1 Å². The van der Waals surface area contributed by atoms with E-state index in [9.17, 15) is 9.59 Å². The molecule has 3 aliphatic rings. The Kier molecular flexibility index (Phi) is 6.41. The Morgan fingerprint density at radius 1 is 1.04 bits per heavy atom. The van der Waals surface area contributed by atoms with Crippen LogP contribution in [0.4, 0.5) is 10.3 Å². The van der Waals surface area contributed by atoms with Crippen LogP contribution in [0.25, 0.3) is 0 Å². The molecule has 9 heteroatoms. The Balaban J connectivity index is 1.27. The number of carbonyl (C=O) groups is 2. The standard InChI is InChI=1S/C19H30N6O2S/c26-16-7-5-12-25(16)19-22-21-18(28-19)24-11-4-6-15(14-24)17(27)20-8-13-23-9-2-1-3-10-23/h15H,1-14H2,(H,20,27)/t15-/m0/s1. The lowest BCUT2D eigenvalue weighted by molar-refractivity contribution is -0.125. The fourth-order valence-electron chi connectivity index (χ4n) is 4.32. The number of aromatic nitrogens is 2. The Bertz CT molecular complexity index is 690. The van der Waals surface area contributed by atoms with Crippen molar-refractivity contribution in [3.05, 3.63) is 0 Å². The van der Waals surface area contributed by atoms with E-state index in [-0.39, 0.29) is 17.7 Å². The molecule has 0 aliphatic carbocycles. The molecule has 28 heavy (non-hydrogen) atoms. The maximum absolute atomic E-state index is 12.6. The number of amides is 2. The van der Waals surface area contributed by atoms with Crippen LogP contribution in [0.5, 0.6) is 0 Å². The van der Waals surface area contributed by atoms with Crippen LogP contribution in [0.1, 0.15) is 44.9 Å². The van der Waals surface area contributed by atoms with E-state index < -0.39 is 0 Å². The van der Waals surface area contributed by atoms with Gasteiger partial charge in [-0.05, 0) is 45.2 Å². The molecule has 3 saturated heterocycles. The highest BCUT2D eigenvalue weighted by molar-refractivity contribution is 7.19. The van der Waals surface area contributed by atoms with E-state index in [0.717, 1.165) is 63.7 Å². The summed E-state index contributed by atoms with van der Waals surface area (Å²) < 4.78 is 0. The molecular formula is C19H30N6O2S. The van der Waals surface area contributed by atoms with Crippen LogP contribution in [0.2, 0.25) is 0 Å². The van der Waals surface area contributed by atoms with E-state index in [1.54, 1.807) is 4.90 Å². The minimum Gasteiger partial charge on any atom is -0.355 e. The summed E-state index contributed by atoms with van der Waals surface area (Å²) in [5, 5.41) is 13.2. The third kappa shape index (κ3) is 4.63. The molecule has 0 radical (unpaired) electrons. The molecule has 0 bridgehead atoms. The van der Waals surface area contributed by atoms with Gasteiger partial charge in [0.2, 0.25) is 22.1 Å². The van der Waals surface area contributed by atoms with Crippen LogP contribution in [-0.4, -0.2) is 72.7 Å². The van der Waals surface area contributed by atoms with Gasteiger partial charge in [0.1, 0.15) is 0 Å². The van der Waals surface area contributed by atoms with Gasteiger partial charge in [0.15, 0.2) is 0 Å². The predicted octanol–water partition coefficient (Wildman–Crippen LogP) is 1.48. The third-order valence-electron chi connectivity index (χ3n) is 5.95. The summed E-state index contributed by atoms with van der Waals surface area (Å²) in [4.78, 5) is 30.9. The van der Waals surface area contributed by atoms with Crippen LogP contribution < -0.4 is 15.1 Å². The van der Waals surface area contributed by atoms with Crippen molar-refractivity contribution in [3.8, 4) is 0 Å². The summed E-state index contributed by atoms with van der Waals surface area (Å²) in [7, 11) is 0. The number of nitrogens with zero attached hydrogens (tertiary/aromatic N) is 5. The number of hydrogen-bond donors (Lipinski definition) is 1. The first-order chi connectivity index (χ1) is 13.7. The highest BCUT2D eigenvalue weighted by Gasteiger charge is 2.30. The molecule has 4 heterocycles. The van der Waals surface area contributed by atoms with Gasteiger partial charge in [-0.3, -0.25) is 14.5 Å². The van der Waals surface area contributed by atoms with Crippen molar-refractivity contribution in [2.45, 2.75) is 44.9 Å². The Morgan fingerprint density at radius 2 is 1.86 bits per heavy atom. The first-order valence-electron chi connectivity index (χ1n) is 10.6. The average Bonchev–Trinajstić information content (AvgIpc) is 3.38. The summed E-state index contributed by atoms with van der Waals surface area (Å²) in [5.41, 5.74) is 0. The molecule has 0 spiro atoms. The van der Waals surface area contributed by atoms with E-state index in [2.05, 4.69) is 25.3 Å². The van der Waals surface area contributed by atoms with Gasteiger partial charge in [0, 0.05) is 39.1 Å². The lowest BCUT2D eigenvalue weighted by atomic mass is 9.97. The van der Waals surface area contributed by atoms with Gasteiger partial charge in [0.05, 0.1) is 5.92 Å². The first kappa shape index (κ1) is 19.6. The second kappa shape index (κ2) is 9.17. The molecule has 1 aromatic rings. The summed E-state index contributed by atoms with van der Waals surface area (Å²) in [6.45, 7) is 6.30. The number of anilines is 2. The molecule has 2 amide bonds. The average molecular weight is 407 g/mol. The molecule has 1 N–H and O–H groups in total. The van der Waals surface area contributed by atoms with Crippen molar-refractivity contribution in [3.63, 3.8) is 0 Å². The molecule has 154 valence electrons. The zero-order valence-corrected chi connectivity index (χ0v) is 17.3. The summed E-state index contributed by atoms with van der Waals surface area (Å²) in [6, 6.07) is 0. The zero-order chi connectivity index (χ0) is 19.3. The highest BCUT2D eigenvalue weighted by atomic mass is 32.1. The van der Waals surface area contributed by atoms with Crippen molar-refractivity contribution >= 4 is 33.4 Å².